The molecule has 0 fully saturated rings. The molecule has 9 heteroatoms. The Kier molecular flexibility index (Phi) is 8.11. The van der Waals surface area contributed by atoms with Crippen LogP contribution in [-0.4, -0.2) is 55.3 Å². The van der Waals surface area contributed by atoms with Gasteiger partial charge in [0.25, 0.3) is 17.7 Å². The molecule has 2 aromatic rings. The van der Waals surface area contributed by atoms with E-state index in [0.29, 0.717) is 16.1 Å². The van der Waals surface area contributed by atoms with Crippen LogP contribution in [0.1, 0.15) is 33.9 Å². The Morgan fingerprint density at radius 3 is 2.27 bits per heavy atom. The van der Waals surface area contributed by atoms with Gasteiger partial charge in [-0.15, -0.1) is 11.3 Å². The highest BCUT2D eigenvalue weighted by molar-refractivity contribution is 7.12. The van der Waals surface area contributed by atoms with Crippen LogP contribution in [0.25, 0.3) is 0 Å². The molecule has 160 valence electrons. The monoisotopic (exact) mass is 431 g/mol. The highest BCUT2D eigenvalue weighted by Gasteiger charge is 2.27. The van der Waals surface area contributed by atoms with Gasteiger partial charge in [-0.25, -0.2) is 4.79 Å². The first-order valence-electron chi connectivity index (χ1n) is 9.31. The van der Waals surface area contributed by atoms with Gasteiger partial charge in [0.2, 0.25) is 0 Å². The van der Waals surface area contributed by atoms with Gasteiger partial charge < -0.3 is 20.3 Å². The predicted octanol–water partition coefficient (Wildman–Crippen LogP) is 2.39. The average molecular weight is 432 g/mol. The number of nitrogens with one attached hydrogen (secondary N) is 2. The fourth-order valence-corrected chi connectivity index (χ4v) is 3.12. The van der Waals surface area contributed by atoms with Crippen molar-refractivity contribution in [3.63, 3.8) is 0 Å². The summed E-state index contributed by atoms with van der Waals surface area (Å²) in [6.45, 7) is 3.06. The third-order valence-corrected chi connectivity index (χ3v) is 4.99. The minimum atomic E-state index is -0.872. The van der Waals surface area contributed by atoms with Gasteiger partial charge >= 0.3 is 5.97 Å². The Hall–Kier alpha value is -3.20. The van der Waals surface area contributed by atoms with E-state index in [1.165, 1.54) is 16.2 Å². The number of benzene rings is 1. The minimum absolute atomic E-state index is 0.147. The Labute approximate surface area is 179 Å². The van der Waals surface area contributed by atoms with E-state index >= 15 is 0 Å². The van der Waals surface area contributed by atoms with Gasteiger partial charge in [-0.1, -0.05) is 19.9 Å². The number of carbonyl (C=O) groups is 4. The zero-order valence-corrected chi connectivity index (χ0v) is 18.1. The lowest BCUT2D eigenvalue weighted by Gasteiger charge is -2.20. The first kappa shape index (κ1) is 23.1. The molecule has 0 radical (unpaired) electrons. The molecule has 0 spiro atoms. The Morgan fingerprint density at radius 1 is 1.07 bits per heavy atom. The van der Waals surface area contributed by atoms with Crippen LogP contribution in [0.3, 0.4) is 0 Å². The molecule has 0 saturated heterocycles. The van der Waals surface area contributed by atoms with Gasteiger partial charge in [0, 0.05) is 25.3 Å². The number of esters is 1. The molecular weight excluding hydrogens is 406 g/mol. The molecule has 2 N–H and O–H groups in total. The Bertz CT molecular complexity index is 892. The summed E-state index contributed by atoms with van der Waals surface area (Å²) in [5.41, 5.74) is 0.962. The summed E-state index contributed by atoms with van der Waals surface area (Å²) in [5.74, 6) is -1.94. The van der Waals surface area contributed by atoms with Crippen LogP contribution in [0.5, 0.6) is 0 Å². The molecule has 8 nitrogen and oxygen atoms in total. The van der Waals surface area contributed by atoms with Crippen molar-refractivity contribution in [1.29, 1.82) is 0 Å². The number of anilines is 1. The Morgan fingerprint density at radius 2 is 1.73 bits per heavy atom. The standard InChI is InChI=1S/C21H25N3O5S/c1-13(2)18(23-19(26)16-6-5-11-30-16)21(28)29-12-17(25)22-15-9-7-14(8-10-15)20(27)24(3)4/h5-11,13,18H,12H2,1-4H3,(H,22,25)(H,23,26). The van der Waals surface area contributed by atoms with E-state index in [0.717, 1.165) is 0 Å². The number of amides is 3. The van der Waals surface area contributed by atoms with E-state index < -0.39 is 24.5 Å². The maximum Gasteiger partial charge on any atom is 0.329 e. The van der Waals surface area contributed by atoms with Crippen molar-refractivity contribution in [2.24, 2.45) is 5.92 Å². The molecule has 1 atom stereocenters. The number of hydrogen-bond acceptors (Lipinski definition) is 6. The highest BCUT2D eigenvalue weighted by atomic mass is 32.1. The Balaban J connectivity index is 1.88. The van der Waals surface area contributed by atoms with Crippen molar-refractivity contribution in [3.8, 4) is 0 Å². The quantitative estimate of drug-likeness (QED) is 0.625. The number of nitrogens with zero attached hydrogens (tertiary/aromatic N) is 1. The largest absolute Gasteiger partial charge is 0.454 e. The summed E-state index contributed by atoms with van der Waals surface area (Å²) >= 11 is 1.27. The summed E-state index contributed by atoms with van der Waals surface area (Å²) in [6, 6.07) is 8.91. The molecule has 3 amide bonds. The lowest BCUT2D eigenvalue weighted by atomic mass is 10.0. The number of thiophene rings is 1. The molecule has 1 heterocycles. The van der Waals surface area contributed by atoms with E-state index in [1.54, 1.807) is 69.7 Å². The van der Waals surface area contributed by atoms with Gasteiger partial charge in [-0.05, 0) is 41.6 Å². The van der Waals surface area contributed by atoms with E-state index in [1.807, 2.05) is 0 Å². The summed E-state index contributed by atoms with van der Waals surface area (Å²) in [5, 5.41) is 7.01. The van der Waals surface area contributed by atoms with Crippen molar-refractivity contribution < 1.29 is 23.9 Å². The third-order valence-electron chi connectivity index (χ3n) is 4.12. The molecule has 0 aliphatic carbocycles. The molecule has 1 aromatic heterocycles. The summed E-state index contributed by atoms with van der Waals surface area (Å²) in [6.07, 6.45) is 0. The normalized spacial score (nSPS) is 11.5. The third kappa shape index (κ3) is 6.41. The number of carbonyl (C=O) groups excluding carboxylic acids is 4. The van der Waals surface area contributed by atoms with Crippen LogP contribution in [0.15, 0.2) is 41.8 Å². The van der Waals surface area contributed by atoms with Crippen molar-refractivity contribution in [1.82, 2.24) is 10.2 Å². The predicted molar refractivity (Wildman–Crippen MR) is 114 cm³/mol. The van der Waals surface area contributed by atoms with Crippen molar-refractivity contribution >= 4 is 40.7 Å². The molecule has 2 rings (SSSR count). The highest BCUT2D eigenvalue weighted by Crippen LogP contribution is 2.12. The average Bonchev–Trinajstić information content (AvgIpc) is 3.24. The van der Waals surface area contributed by atoms with Crippen LogP contribution in [-0.2, 0) is 14.3 Å². The fraction of sp³-hybridized carbons (Fsp3) is 0.333. The second-order valence-electron chi connectivity index (χ2n) is 7.11. The van der Waals surface area contributed by atoms with Gasteiger partial charge in [0.05, 0.1) is 4.88 Å². The first-order chi connectivity index (χ1) is 14.2. The zero-order chi connectivity index (χ0) is 22.3. The van der Waals surface area contributed by atoms with Crippen LogP contribution < -0.4 is 10.6 Å². The molecule has 0 bridgehead atoms. The van der Waals surface area contributed by atoms with Gasteiger partial charge in [0.15, 0.2) is 6.61 Å². The maximum atomic E-state index is 12.4. The van der Waals surface area contributed by atoms with E-state index in [4.69, 9.17) is 4.74 Å². The summed E-state index contributed by atoms with van der Waals surface area (Å²) in [7, 11) is 3.30. The smallest absolute Gasteiger partial charge is 0.329 e. The molecule has 1 unspecified atom stereocenters. The van der Waals surface area contributed by atoms with E-state index in [9.17, 15) is 19.2 Å². The van der Waals surface area contributed by atoms with Gasteiger partial charge in [-0.3, -0.25) is 14.4 Å². The second kappa shape index (κ2) is 10.5. The number of hydrogen-bond donors (Lipinski definition) is 2. The van der Waals surface area contributed by atoms with Crippen molar-refractivity contribution in [3.05, 3.63) is 52.2 Å². The molecule has 30 heavy (non-hydrogen) atoms. The molecule has 0 aliphatic heterocycles. The van der Waals surface area contributed by atoms with E-state index in [2.05, 4.69) is 10.6 Å². The molecule has 0 aliphatic rings. The molecule has 0 saturated carbocycles. The lowest BCUT2D eigenvalue weighted by Crippen LogP contribution is -2.45. The van der Waals surface area contributed by atoms with Crippen LogP contribution >= 0.6 is 11.3 Å². The lowest BCUT2D eigenvalue weighted by molar-refractivity contribution is -0.150. The van der Waals surface area contributed by atoms with Gasteiger partial charge in [0.1, 0.15) is 6.04 Å². The summed E-state index contributed by atoms with van der Waals surface area (Å²) < 4.78 is 5.09. The van der Waals surface area contributed by atoms with E-state index in [-0.39, 0.29) is 17.7 Å². The minimum Gasteiger partial charge on any atom is -0.454 e. The molecular formula is C21H25N3O5S. The SMILES string of the molecule is CC(C)C(NC(=O)c1cccs1)C(=O)OCC(=O)Nc1ccc(C(=O)N(C)C)cc1. The van der Waals surface area contributed by atoms with Crippen molar-refractivity contribution in [2.45, 2.75) is 19.9 Å². The maximum absolute atomic E-state index is 12.4. The topological polar surface area (TPSA) is 105 Å². The molecule has 1 aromatic carbocycles. The van der Waals surface area contributed by atoms with Crippen LogP contribution in [0, 0.1) is 5.92 Å². The van der Waals surface area contributed by atoms with Crippen LogP contribution in [0.4, 0.5) is 5.69 Å². The summed E-state index contributed by atoms with van der Waals surface area (Å²) in [4.78, 5) is 50.5. The second-order valence-corrected chi connectivity index (χ2v) is 8.05. The zero-order valence-electron chi connectivity index (χ0n) is 17.3. The van der Waals surface area contributed by atoms with Crippen molar-refractivity contribution in [2.75, 3.05) is 26.0 Å². The van der Waals surface area contributed by atoms with Gasteiger partial charge in [-0.2, -0.15) is 0 Å². The number of rotatable bonds is 8. The van der Waals surface area contributed by atoms with Crippen LogP contribution in [0.2, 0.25) is 0 Å². The first-order valence-corrected chi connectivity index (χ1v) is 10.2. The number of ether oxygens (including phenoxy) is 1. The fourth-order valence-electron chi connectivity index (χ4n) is 2.50.